The van der Waals surface area contributed by atoms with Crippen molar-refractivity contribution in [2.75, 3.05) is 19.7 Å². The molecule has 0 heterocycles. The standard InChI is InChI=1S/C17H26N2O3/c1-5-22-16-10-7-6-9-15(16)17(21)18-11-8-12-19(13(2)3)14(4)20/h6-7,9-10,13H,5,8,11-12H2,1-4H3,(H,18,21). The number of nitrogens with one attached hydrogen (secondary N) is 1. The number of benzene rings is 1. The molecule has 0 radical (unpaired) electrons. The predicted molar refractivity (Wildman–Crippen MR) is 87.1 cm³/mol. The third-order valence-corrected chi connectivity index (χ3v) is 3.32. The smallest absolute Gasteiger partial charge is 0.255 e. The zero-order chi connectivity index (χ0) is 16.5. The molecule has 22 heavy (non-hydrogen) atoms. The number of amides is 2. The van der Waals surface area contributed by atoms with Crippen LogP contribution in [-0.4, -0.2) is 42.5 Å². The van der Waals surface area contributed by atoms with Gasteiger partial charge in [-0.15, -0.1) is 0 Å². The van der Waals surface area contributed by atoms with Crippen LogP contribution in [0.2, 0.25) is 0 Å². The van der Waals surface area contributed by atoms with Gasteiger partial charge in [0.15, 0.2) is 0 Å². The predicted octanol–water partition coefficient (Wildman–Crippen LogP) is 2.46. The van der Waals surface area contributed by atoms with E-state index in [1.54, 1.807) is 24.0 Å². The van der Waals surface area contributed by atoms with Gasteiger partial charge in [0.2, 0.25) is 5.91 Å². The minimum Gasteiger partial charge on any atom is -0.493 e. The van der Waals surface area contributed by atoms with E-state index in [1.165, 1.54) is 0 Å². The van der Waals surface area contributed by atoms with Crippen LogP contribution in [0, 0.1) is 0 Å². The van der Waals surface area contributed by atoms with Crippen LogP contribution in [-0.2, 0) is 4.79 Å². The first kappa shape index (κ1) is 18.0. The van der Waals surface area contributed by atoms with Crippen LogP contribution in [0.3, 0.4) is 0 Å². The summed E-state index contributed by atoms with van der Waals surface area (Å²) in [5.41, 5.74) is 0.539. The van der Waals surface area contributed by atoms with Crippen LogP contribution in [0.4, 0.5) is 0 Å². The normalized spacial score (nSPS) is 10.4. The maximum absolute atomic E-state index is 12.2. The molecular formula is C17H26N2O3. The van der Waals surface area contributed by atoms with E-state index >= 15 is 0 Å². The number of rotatable bonds is 8. The van der Waals surface area contributed by atoms with Crippen molar-refractivity contribution in [1.29, 1.82) is 0 Å². The van der Waals surface area contributed by atoms with Gasteiger partial charge in [-0.3, -0.25) is 9.59 Å². The van der Waals surface area contributed by atoms with Gasteiger partial charge in [-0.05, 0) is 39.3 Å². The third-order valence-electron chi connectivity index (χ3n) is 3.32. The first-order chi connectivity index (χ1) is 10.5. The largest absolute Gasteiger partial charge is 0.493 e. The lowest BCUT2D eigenvalue weighted by molar-refractivity contribution is -0.130. The summed E-state index contributed by atoms with van der Waals surface area (Å²) in [5, 5.41) is 2.87. The molecule has 0 aliphatic heterocycles. The van der Waals surface area contributed by atoms with Gasteiger partial charge < -0.3 is 15.0 Å². The van der Waals surface area contributed by atoms with E-state index in [0.717, 1.165) is 6.42 Å². The summed E-state index contributed by atoms with van der Waals surface area (Å²) in [6.07, 6.45) is 0.723. The Morgan fingerprint density at radius 2 is 1.95 bits per heavy atom. The molecule has 0 aromatic heterocycles. The Balaban J connectivity index is 2.48. The van der Waals surface area contributed by atoms with Crippen LogP contribution in [0.1, 0.15) is 44.5 Å². The number of hydrogen-bond acceptors (Lipinski definition) is 3. The zero-order valence-electron chi connectivity index (χ0n) is 13.9. The molecular weight excluding hydrogens is 280 g/mol. The monoisotopic (exact) mass is 306 g/mol. The molecule has 0 saturated carbocycles. The molecule has 1 aromatic carbocycles. The van der Waals surface area contributed by atoms with Crippen molar-refractivity contribution in [3.63, 3.8) is 0 Å². The van der Waals surface area contributed by atoms with Crippen molar-refractivity contribution in [3.8, 4) is 5.75 Å². The van der Waals surface area contributed by atoms with Gasteiger partial charge in [0, 0.05) is 26.1 Å². The van der Waals surface area contributed by atoms with Crippen molar-refractivity contribution in [2.24, 2.45) is 0 Å². The van der Waals surface area contributed by atoms with Gasteiger partial charge in [0.25, 0.3) is 5.91 Å². The lowest BCUT2D eigenvalue weighted by Crippen LogP contribution is -2.37. The molecule has 0 spiro atoms. The van der Waals surface area contributed by atoms with Gasteiger partial charge >= 0.3 is 0 Å². The molecule has 0 saturated heterocycles. The van der Waals surface area contributed by atoms with Gasteiger partial charge in [-0.25, -0.2) is 0 Å². The average molecular weight is 306 g/mol. The molecule has 0 aliphatic carbocycles. The number of carbonyl (C=O) groups excluding carboxylic acids is 2. The highest BCUT2D eigenvalue weighted by Gasteiger charge is 2.13. The van der Waals surface area contributed by atoms with Gasteiger partial charge in [-0.1, -0.05) is 12.1 Å². The Labute approximate surface area is 132 Å². The van der Waals surface area contributed by atoms with E-state index in [2.05, 4.69) is 5.32 Å². The van der Waals surface area contributed by atoms with Crippen molar-refractivity contribution in [2.45, 2.75) is 40.2 Å². The Bertz CT molecular complexity index is 500. The maximum atomic E-state index is 12.2. The topological polar surface area (TPSA) is 58.6 Å². The third kappa shape index (κ3) is 5.39. The molecule has 0 fully saturated rings. The Hall–Kier alpha value is -2.04. The highest BCUT2D eigenvalue weighted by Crippen LogP contribution is 2.17. The zero-order valence-corrected chi connectivity index (χ0v) is 13.9. The van der Waals surface area contributed by atoms with Gasteiger partial charge in [-0.2, -0.15) is 0 Å². The summed E-state index contributed by atoms with van der Waals surface area (Å²) in [7, 11) is 0. The van der Waals surface area contributed by atoms with Crippen LogP contribution in [0.5, 0.6) is 5.75 Å². The highest BCUT2D eigenvalue weighted by atomic mass is 16.5. The molecule has 0 bridgehead atoms. The lowest BCUT2D eigenvalue weighted by Gasteiger charge is -2.25. The molecule has 122 valence electrons. The molecule has 0 atom stereocenters. The van der Waals surface area contributed by atoms with Crippen LogP contribution in [0.25, 0.3) is 0 Å². The van der Waals surface area contributed by atoms with Crippen molar-refractivity contribution in [1.82, 2.24) is 10.2 Å². The minimum atomic E-state index is -0.150. The number of carbonyl (C=O) groups is 2. The number of hydrogen-bond donors (Lipinski definition) is 1. The van der Waals surface area contributed by atoms with Crippen LogP contribution in [0.15, 0.2) is 24.3 Å². The molecule has 1 N–H and O–H groups in total. The van der Waals surface area contributed by atoms with Crippen molar-refractivity contribution >= 4 is 11.8 Å². The molecule has 2 amide bonds. The Morgan fingerprint density at radius 1 is 1.27 bits per heavy atom. The summed E-state index contributed by atoms with van der Waals surface area (Å²) in [6.45, 7) is 9.10. The van der Waals surface area contributed by atoms with E-state index in [4.69, 9.17) is 4.74 Å². The second-order valence-corrected chi connectivity index (χ2v) is 5.34. The van der Waals surface area contributed by atoms with E-state index in [1.807, 2.05) is 32.9 Å². The summed E-state index contributed by atoms with van der Waals surface area (Å²) < 4.78 is 5.45. The number of para-hydroxylation sites is 1. The molecule has 5 nitrogen and oxygen atoms in total. The fourth-order valence-electron chi connectivity index (χ4n) is 2.26. The summed E-state index contributed by atoms with van der Waals surface area (Å²) in [5.74, 6) is 0.501. The van der Waals surface area contributed by atoms with Crippen molar-refractivity contribution in [3.05, 3.63) is 29.8 Å². The summed E-state index contributed by atoms with van der Waals surface area (Å²) in [4.78, 5) is 25.4. The molecule has 5 heteroatoms. The van der Waals surface area contributed by atoms with E-state index in [0.29, 0.717) is 31.0 Å². The Kier molecular flexibility index (Phi) is 7.43. The first-order valence-electron chi connectivity index (χ1n) is 7.74. The van der Waals surface area contributed by atoms with Gasteiger partial charge in [0.1, 0.15) is 5.75 Å². The molecule has 0 unspecified atom stereocenters. The molecule has 1 rings (SSSR count). The first-order valence-corrected chi connectivity index (χ1v) is 7.74. The molecule has 0 aliphatic rings. The average Bonchev–Trinajstić information content (AvgIpc) is 2.47. The SMILES string of the molecule is CCOc1ccccc1C(=O)NCCCN(C(C)=O)C(C)C. The van der Waals surface area contributed by atoms with Crippen LogP contribution >= 0.6 is 0 Å². The summed E-state index contributed by atoms with van der Waals surface area (Å²) in [6, 6.07) is 7.36. The van der Waals surface area contributed by atoms with Crippen LogP contribution < -0.4 is 10.1 Å². The minimum absolute atomic E-state index is 0.0583. The lowest BCUT2D eigenvalue weighted by atomic mass is 10.2. The van der Waals surface area contributed by atoms with E-state index in [-0.39, 0.29) is 17.9 Å². The molecule has 1 aromatic rings. The van der Waals surface area contributed by atoms with E-state index in [9.17, 15) is 9.59 Å². The number of ether oxygens (including phenoxy) is 1. The highest BCUT2D eigenvalue weighted by molar-refractivity contribution is 5.96. The fourth-order valence-corrected chi connectivity index (χ4v) is 2.26. The Morgan fingerprint density at radius 3 is 2.55 bits per heavy atom. The number of nitrogens with zero attached hydrogens (tertiary/aromatic N) is 1. The maximum Gasteiger partial charge on any atom is 0.255 e. The summed E-state index contributed by atoms with van der Waals surface area (Å²) >= 11 is 0. The van der Waals surface area contributed by atoms with Gasteiger partial charge in [0.05, 0.1) is 12.2 Å². The quantitative estimate of drug-likeness (QED) is 0.751. The van der Waals surface area contributed by atoms with E-state index < -0.39 is 0 Å². The second-order valence-electron chi connectivity index (χ2n) is 5.34. The second kappa shape index (κ2) is 9.07. The van der Waals surface area contributed by atoms with Crippen molar-refractivity contribution < 1.29 is 14.3 Å². The fraction of sp³-hybridized carbons (Fsp3) is 0.529.